The van der Waals surface area contributed by atoms with E-state index in [4.69, 9.17) is 20.4 Å². The van der Waals surface area contributed by atoms with E-state index in [-0.39, 0.29) is 0 Å². The number of unbranched alkanes of at least 4 members (excludes halogenated alkanes) is 3. The zero-order valence-corrected chi connectivity index (χ0v) is 32.2. The Hall–Kier alpha value is -4.36. The van der Waals surface area contributed by atoms with Crippen molar-refractivity contribution in [3.63, 3.8) is 0 Å². The number of fused-ring (bicyclic) bond motifs is 2. The van der Waals surface area contributed by atoms with Crippen LogP contribution in [0.5, 0.6) is 0 Å². The quantitative estimate of drug-likeness (QED) is 0.0375. The second kappa shape index (κ2) is 21.9. The van der Waals surface area contributed by atoms with Crippen molar-refractivity contribution in [2.45, 2.75) is 98.7 Å². The van der Waals surface area contributed by atoms with Crippen LogP contribution in [0.15, 0.2) is 48.6 Å². The van der Waals surface area contributed by atoms with Crippen LogP contribution in [0.25, 0.3) is 34.2 Å². The van der Waals surface area contributed by atoms with Crippen LogP contribution < -0.4 is 11.0 Å². The van der Waals surface area contributed by atoms with E-state index in [1.165, 1.54) is 25.0 Å². The second-order valence-corrected chi connectivity index (χ2v) is 13.5. The lowest BCUT2D eigenvalue weighted by Crippen LogP contribution is -2.30. The Labute approximate surface area is 309 Å². The van der Waals surface area contributed by atoms with Gasteiger partial charge in [-0.15, -0.1) is 0 Å². The average molecular weight is 717 g/mol. The molecule has 12 nitrogen and oxygen atoms in total. The molecule has 0 unspecified atom stereocenters. The summed E-state index contributed by atoms with van der Waals surface area (Å²) in [7, 11) is 4.27. The van der Waals surface area contributed by atoms with Gasteiger partial charge in [-0.25, -0.2) is 20.9 Å². The van der Waals surface area contributed by atoms with Gasteiger partial charge < -0.3 is 18.9 Å². The fourth-order valence-corrected chi connectivity index (χ4v) is 5.71. The standard InChI is InChI=1S/2C20H30N4O2/c1-5-6-7-19-21-17-14-16(9-11-20(25)22-26)8-10-18(17)24(19)13-12-23(4)15(2)3;1-4-6-7-8-19-21-17-15-16(10-12-20(25)22-26)9-11-18(17)24(19)14-13-23(3)5-2/h8-11,14-15,26H,5-7,12-13H2,1-4H3,(H,22,25);9-12,15,26H,4-8,13-14H2,1-3H3,(H,22,25). The number of imidazole rings is 2. The Morgan fingerprint density at radius 1 is 0.750 bits per heavy atom. The minimum Gasteiger partial charge on any atom is -0.327 e. The summed E-state index contributed by atoms with van der Waals surface area (Å²) in [4.78, 5) is 36.6. The predicted molar refractivity (Wildman–Crippen MR) is 210 cm³/mol. The van der Waals surface area contributed by atoms with Gasteiger partial charge in [0.1, 0.15) is 11.6 Å². The van der Waals surface area contributed by atoms with Gasteiger partial charge in [-0.05, 0) is 94.9 Å². The summed E-state index contributed by atoms with van der Waals surface area (Å²) in [5.74, 6) is 1.16. The lowest BCUT2D eigenvalue weighted by molar-refractivity contribution is -0.124. The molecule has 0 aliphatic carbocycles. The van der Waals surface area contributed by atoms with Gasteiger partial charge in [-0.2, -0.15) is 0 Å². The highest BCUT2D eigenvalue weighted by Crippen LogP contribution is 2.22. The molecule has 0 radical (unpaired) electrons. The van der Waals surface area contributed by atoms with Crippen molar-refractivity contribution in [2.24, 2.45) is 0 Å². The Balaban J connectivity index is 0.000000280. The predicted octanol–water partition coefficient (Wildman–Crippen LogP) is 6.48. The molecule has 2 heterocycles. The fourth-order valence-electron chi connectivity index (χ4n) is 5.71. The molecule has 0 spiro atoms. The first kappa shape index (κ1) is 42.1. The first-order chi connectivity index (χ1) is 25.0. The molecule has 4 rings (SSSR count). The molecule has 4 aromatic rings. The largest absolute Gasteiger partial charge is 0.327 e. The van der Waals surface area contributed by atoms with Gasteiger partial charge in [0, 0.05) is 57.2 Å². The van der Waals surface area contributed by atoms with Crippen molar-refractivity contribution in [2.75, 3.05) is 33.7 Å². The van der Waals surface area contributed by atoms with Crippen LogP contribution in [0, 0.1) is 0 Å². The van der Waals surface area contributed by atoms with Crippen LogP contribution in [0.4, 0.5) is 0 Å². The van der Waals surface area contributed by atoms with E-state index < -0.39 is 11.8 Å². The van der Waals surface area contributed by atoms with Crippen LogP contribution in [0.1, 0.15) is 89.5 Å². The molecule has 0 fully saturated rings. The maximum absolute atomic E-state index is 11.2. The van der Waals surface area contributed by atoms with Gasteiger partial charge in [0.05, 0.1) is 22.1 Å². The Morgan fingerprint density at radius 3 is 1.67 bits per heavy atom. The monoisotopic (exact) mass is 716 g/mol. The van der Waals surface area contributed by atoms with Crippen molar-refractivity contribution < 1.29 is 20.0 Å². The number of aromatic nitrogens is 4. The summed E-state index contributed by atoms with van der Waals surface area (Å²) < 4.78 is 4.64. The normalized spacial score (nSPS) is 11.8. The number of hydroxylamine groups is 2. The number of likely N-dealkylation sites (N-methyl/N-ethyl adjacent to an activating group) is 2. The number of nitrogens with zero attached hydrogens (tertiary/aromatic N) is 6. The number of carbonyl (C=O) groups is 2. The fraction of sp³-hybridized carbons (Fsp3) is 0.500. The molecule has 0 saturated carbocycles. The number of nitrogens with one attached hydrogen (secondary N) is 2. The van der Waals surface area contributed by atoms with E-state index in [1.54, 1.807) is 23.1 Å². The van der Waals surface area contributed by atoms with E-state index in [0.29, 0.717) is 6.04 Å². The number of hydrogen-bond donors (Lipinski definition) is 4. The molecule has 2 aromatic carbocycles. The van der Waals surface area contributed by atoms with Crippen molar-refractivity contribution in [3.05, 3.63) is 71.3 Å². The van der Waals surface area contributed by atoms with Crippen molar-refractivity contribution in [3.8, 4) is 0 Å². The Morgan fingerprint density at radius 2 is 1.23 bits per heavy atom. The molecule has 0 atom stereocenters. The topological polar surface area (TPSA) is 141 Å². The van der Waals surface area contributed by atoms with Gasteiger partial charge >= 0.3 is 0 Å². The second-order valence-electron chi connectivity index (χ2n) is 13.5. The SMILES string of the molecule is CCCCCc1nc2cc(C=CC(=O)NO)ccc2n1CCN(C)CC.CCCCc1nc2cc(C=CC(=O)NO)ccc2n1CCN(C)C(C)C. The smallest absolute Gasteiger partial charge is 0.267 e. The summed E-state index contributed by atoms with van der Waals surface area (Å²) in [5.41, 5.74) is 9.10. The zero-order valence-electron chi connectivity index (χ0n) is 32.2. The van der Waals surface area contributed by atoms with Crippen LogP contribution in [-0.4, -0.2) is 90.9 Å². The number of carbonyl (C=O) groups excluding carboxylic acids is 2. The zero-order chi connectivity index (χ0) is 38.0. The van der Waals surface area contributed by atoms with E-state index in [1.807, 2.05) is 24.3 Å². The average Bonchev–Trinajstić information content (AvgIpc) is 3.68. The van der Waals surface area contributed by atoms with E-state index in [9.17, 15) is 9.59 Å². The summed E-state index contributed by atoms with van der Waals surface area (Å²) in [6.45, 7) is 15.8. The van der Waals surface area contributed by atoms with Gasteiger partial charge in [0.15, 0.2) is 0 Å². The highest BCUT2D eigenvalue weighted by Gasteiger charge is 2.14. The van der Waals surface area contributed by atoms with Crippen molar-refractivity contribution in [1.29, 1.82) is 0 Å². The van der Waals surface area contributed by atoms with Gasteiger partial charge in [0.25, 0.3) is 11.8 Å². The number of amides is 2. The number of benzene rings is 2. The van der Waals surface area contributed by atoms with E-state index in [2.05, 4.69) is 79.8 Å². The third kappa shape index (κ3) is 12.7. The lowest BCUT2D eigenvalue weighted by Gasteiger charge is -2.22. The highest BCUT2D eigenvalue weighted by atomic mass is 16.5. The molecule has 284 valence electrons. The molecule has 0 saturated heterocycles. The molecule has 0 aliphatic rings. The number of rotatable bonds is 19. The summed E-state index contributed by atoms with van der Waals surface area (Å²) >= 11 is 0. The molecule has 0 aliphatic heterocycles. The molecular weight excluding hydrogens is 656 g/mol. The number of aryl methyl sites for hydroxylation is 2. The minimum atomic E-state index is -0.545. The lowest BCUT2D eigenvalue weighted by atomic mass is 10.2. The molecule has 0 bridgehead atoms. The Kier molecular flexibility index (Phi) is 17.7. The Bertz CT molecular complexity index is 1740. The first-order valence-electron chi connectivity index (χ1n) is 18.7. The van der Waals surface area contributed by atoms with Gasteiger partial charge in [-0.1, -0.05) is 52.2 Å². The maximum atomic E-state index is 11.2. The van der Waals surface area contributed by atoms with Crippen molar-refractivity contribution >= 4 is 46.0 Å². The summed E-state index contributed by atoms with van der Waals surface area (Å²) in [6, 6.07) is 12.5. The van der Waals surface area contributed by atoms with Crippen LogP contribution >= 0.6 is 0 Å². The van der Waals surface area contributed by atoms with Crippen LogP contribution in [0.2, 0.25) is 0 Å². The molecule has 4 N–H and O–H groups in total. The molecule has 2 amide bonds. The molecule has 12 heteroatoms. The maximum Gasteiger partial charge on any atom is 0.267 e. The third-order valence-corrected chi connectivity index (χ3v) is 9.34. The van der Waals surface area contributed by atoms with E-state index in [0.717, 1.165) is 110 Å². The molecule has 52 heavy (non-hydrogen) atoms. The van der Waals surface area contributed by atoms with Gasteiger partial charge in [-0.3, -0.25) is 20.0 Å². The third-order valence-electron chi connectivity index (χ3n) is 9.34. The van der Waals surface area contributed by atoms with Crippen LogP contribution in [-0.2, 0) is 35.5 Å². The van der Waals surface area contributed by atoms with E-state index >= 15 is 0 Å². The van der Waals surface area contributed by atoms with Crippen molar-refractivity contribution in [1.82, 2.24) is 39.9 Å². The van der Waals surface area contributed by atoms with Crippen LogP contribution in [0.3, 0.4) is 0 Å². The number of hydrogen-bond acceptors (Lipinski definition) is 8. The highest BCUT2D eigenvalue weighted by molar-refractivity contribution is 5.92. The molecular formula is C40H60N8O4. The summed E-state index contributed by atoms with van der Waals surface area (Å²) in [5, 5.41) is 17.2. The van der Waals surface area contributed by atoms with Gasteiger partial charge in [0.2, 0.25) is 0 Å². The first-order valence-corrected chi connectivity index (χ1v) is 18.7. The summed E-state index contributed by atoms with van der Waals surface area (Å²) in [6.07, 6.45) is 13.7. The minimum absolute atomic E-state index is 0.512. The molecule has 2 aromatic heterocycles.